The van der Waals surface area contributed by atoms with Crippen molar-refractivity contribution in [1.29, 1.82) is 0 Å². The predicted octanol–water partition coefficient (Wildman–Crippen LogP) is 5.60. The molecule has 1 aromatic carbocycles. The fourth-order valence-electron chi connectivity index (χ4n) is 1.42. The Morgan fingerprint density at radius 1 is 1.00 bits per heavy atom. The highest BCUT2D eigenvalue weighted by molar-refractivity contribution is 6.42. The summed E-state index contributed by atoms with van der Waals surface area (Å²) in [5, 5.41) is 3.52. The summed E-state index contributed by atoms with van der Waals surface area (Å²) in [6, 6.07) is 5.83. The quantitative estimate of drug-likeness (QED) is 0.699. The molecular weight excluding hydrogens is 365 g/mol. The molecule has 2 aromatic rings. The molecule has 0 saturated carbocycles. The van der Waals surface area contributed by atoms with E-state index in [-0.39, 0.29) is 31.6 Å². The van der Waals surface area contributed by atoms with Gasteiger partial charge in [0.15, 0.2) is 0 Å². The number of aromatic nitrogens is 1. The van der Waals surface area contributed by atoms with Crippen molar-refractivity contribution < 1.29 is 4.79 Å². The van der Waals surface area contributed by atoms with E-state index in [0.717, 1.165) is 0 Å². The van der Waals surface area contributed by atoms with Crippen LogP contribution < -0.4 is 5.32 Å². The van der Waals surface area contributed by atoms with Crippen LogP contribution in [-0.2, 0) is 0 Å². The number of pyridine rings is 1. The minimum Gasteiger partial charge on any atom is -0.319 e. The van der Waals surface area contributed by atoms with E-state index in [1.54, 1.807) is 0 Å². The molecule has 2 rings (SSSR count). The molecule has 0 bridgehead atoms. The predicted molar refractivity (Wildman–Crippen MR) is 83.7 cm³/mol. The van der Waals surface area contributed by atoms with E-state index in [1.807, 2.05) is 0 Å². The summed E-state index contributed by atoms with van der Waals surface area (Å²) in [6.45, 7) is 0. The van der Waals surface area contributed by atoms with E-state index in [9.17, 15) is 4.79 Å². The van der Waals surface area contributed by atoms with Crippen LogP contribution in [0, 0.1) is 0 Å². The molecule has 0 unspecified atom stereocenters. The molecule has 0 aliphatic heterocycles. The normalized spacial score (nSPS) is 10.4. The van der Waals surface area contributed by atoms with Crippen LogP contribution in [0.1, 0.15) is 10.4 Å². The molecule has 0 saturated heterocycles. The SMILES string of the molecule is O=C(Nc1c(Cl)cc(Cl)cc1Cl)c1ccc(Cl)nc1Cl. The Kier molecular flexibility index (Phi) is 4.99. The van der Waals surface area contributed by atoms with Gasteiger partial charge < -0.3 is 5.32 Å². The maximum Gasteiger partial charge on any atom is 0.258 e. The minimum atomic E-state index is -0.509. The topological polar surface area (TPSA) is 42.0 Å². The van der Waals surface area contributed by atoms with Gasteiger partial charge in [-0.05, 0) is 24.3 Å². The molecular formula is C12H5Cl5N2O. The molecule has 0 atom stereocenters. The molecule has 1 aromatic heterocycles. The van der Waals surface area contributed by atoms with Gasteiger partial charge in [-0.15, -0.1) is 0 Å². The van der Waals surface area contributed by atoms with Crippen LogP contribution in [0.25, 0.3) is 0 Å². The van der Waals surface area contributed by atoms with Gasteiger partial charge in [0.1, 0.15) is 10.3 Å². The second-order valence-electron chi connectivity index (χ2n) is 3.67. The molecule has 0 spiro atoms. The highest BCUT2D eigenvalue weighted by Gasteiger charge is 2.16. The van der Waals surface area contributed by atoms with Crippen molar-refractivity contribution in [2.45, 2.75) is 0 Å². The number of halogens is 5. The molecule has 1 N–H and O–H groups in total. The summed E-state index contributed by atoms with van der Waals surface area (Å²) in [4.78, 5) is 15.9. The second-order valence-corrected chi connectivity index (χ2v) is 5.67. The van der Waals surface area contributed by atoms with E-state index < -0.39 is 5.91 Å². The van der Waals surface area contributed by atoms with E-state index in [4.69, 9.17) is 58.0 Å². The van der Waals surface area contributed by atoms with Crippen molar-refractivity contribution in [3.05, 3.63) is 55.2 Å². The first kappa shape index (κ1) is 15.7. The van der Waals surface area contributed by atoms with Crippen molar-refractivity contribution >= 4 is 69.6 Å². The summed E-state index contributed by atoms with van der Waals surface area (Å²) in [6.07, 6.45) is 0. The number of nitrogens with one attached hydrogen (secondary N) is 1. The van der Waals surface area contributed by atoms with Crippen molar-refractivity contribution in [2.24, 2.45) is 0 Å². The van der Waals surface area contributed by atoms with Gasteiger partial charge in [-0.25, -0.2) is 4.98 Å². The van der Waals surface area contributed by atoms with Crippen LogP contribution in [0.3, 0.4) is 0 Å². The molecule has 3 nitrogen and oxygen atoms in total. The molecule has 20 heavy (non-hydrogen) atoms. The van der Waals surface area contributed by atoms with Gasteiger partial charge in [-0.3, -0.25) is 4.79 Å². The van der Waals surface area contributed by atoms with Gasteiger partial charge in [0.2, 0.25) is 0 Å². The van der Waals surface area contributed by atoms with Crippen molar-refractivity contribution in [2.75, 3.05) is 5.32 Å². The fraction of sp³-hybridized carbons (Fsp3) is 0. The Morgan fingerprint density at radius 2 is 1.60 bits per heavy atom. The van der Waals surface area contributed by atoms with Crippen molar-refractivity contribution in [3.8, 4) is 0 Å². The van der Waals surface area contributed by atoms with Gasteiger partial charge in [0.05, 0.1) is 21.3 Å². The molecule has 1 heterocycles. The molecule has 104 valence electrons. The van der Waals surface area contributed by atoms with Crippen LogP contribution >= 0.6 is 58.0 Å². The number of carbonyl (C=O) groups is 1. The maximum atomic E-state index is 12.1. The smallest absolute Gasteiger partial charge is 0.258 e. The summed E-state index contributed by atoms with van der Waals surface area (Å²) < 4.78 is 0. The van der Waals surface area contributed by atoms with Crippen LogP contribution in [0.15, 0.2) is 24.3 Å². The highest BCUT2D eigenvalue weighted by Crippen LogP contribution is 2.34. The number of anilines is 1. The van der Waals surface area contributed by atoms with Crippen LogP contribution in [0.4, 0.5) is 5.69 Å². The van der Waals surface area contributed by atoms with Gasteiger partial charge in [-0.1, -0.05) is 58.0 Å². The van der Waals surface area contributed by atoms with Crippen molar-refractivity contribution in [3.63, 3.8) is 0 Å². The summed E-state index contributed by atoms with van der Waals surface area (Å²) >= 11 is 29.3. The Balaban J connectivity index is 2.33. The fourth-order valence-corrected chi connectivity index (χ4v) is 2.77. The third-order valence-corrected chi connectivity index (χ3v) is 3.62. The molecule has 8 heteroatoms. The molecule has 0 aliphatic carbocycles. The van der Waals surface area contributed by atoms with Crippen LogP contribution in [0.5, 0.6) is 0 Å². The lowest BCUT2D eigenvalue weighted by molar-refractivity contribution is 0.102. The second kappa shape index (κ2) is 6.37. The first-order valence-corrected chi connectivity index (χ1v) is 7.05. The molecule has 1 amide bonds. The Morgan fingerprint density at radius 3 is 2.15 bits per heavy atom. The zero-order valence-corrected chi connectivity index (χ0v) is 13.3. The van der Waals surface area contributed by atoms with E-state index in [0.29, 0.717) is 5.02 Å². The average Bonchev–Trinajstić information content (AvgIpc) is 2.33. The number of hydrogen-bond acceptors (Lipinski definition) is 2. The van der Waals surface area contributed by atoms with E-state index >= 15 is 0 Å². The molecule has 0 fully saturated rings. The third-order valence-electron chi connectivity index (χ3n) is 2.30. The minimum absolute atomic E-state index is 0.0174. The third kappa shape index (κ3) is 3.48. The van der Waals surface area contributed by atoms with E-state index in [1.165, 1.54) is 24.3 Å². The van der Waals surface area contributed by atoms with E-state index in [2.05, 4.69) is 10.3 Å². The number of carbonyl (C=O) groups excluding carboxylic acids is 1. The lowest BCUT2D eigenvalue weighted by Crippen LogP contribution is -2.13. The Hall–Kier alpha value is -0.710. The highest BCUT2D eigenvalue weighted by atomic mass is 35.5. The summed E-state index contributed by atoms with van der Waals surface area (Å²) in [5.74, 6) is -0.509. The molecule has 0 radical (unpaired) electrons. The maximum absolute atomic E-state index is 12.1. The number of rotatable bonds is 2. The van der Waals surface area contributed by atoms with Gasteiger partial charge >= 0.3 is 0 Å². The van der Waals surface area contributed by atoms with Crippen molar-refractivity contribution in [1.82, 2.24) is 4.98 Å². The molecule has 0 aliphatic rings. The Bertz CT molecular complexity index is 667. The monoisotopic (exact) mass is 368 g/mol. The lowest BCUT2D eigenvalue weighted by atomic mass is 10.2. The first-order chi connectivity index (χ1) is 9.38. The van der Waals surface area contributed by atoms with Gasteiger partial charge in [-0.2, -0.15) is 0 Å². The standard InChI is InChI=1S/C12H5Cl5N2O/c13-5-3-7(14)10(8(15)4-5)19-12(20)6-1-2-9(16)18-11(6)17/h1-4H,(H,19,20). The summed E-state index contributed by atoms with van der Waals surface area (Å²) in [7, 11) is 0. The Labute approximate surface area is 139 Å². The summed E-state index contributed by atoms with van der Waals surface area (Å²) in [5.41, 5.74) is 0.395. The average molecular weight is 370 g/mol. The lowest BCUT2D eigenvalue weighted by Gasteiger charge is -2.10. The zero-order valence-electron chi connectivity index (χ0n) is 9.55. The van der Waals surface area contributed by atoms with Crippen LogP contribution in [-0.4, -0.2) is 10.9 Å². The number of benzene rings is 1. The zero-order chi connectivity index (χ0) is 14.9. The van der Waals surface area contributed by atoms with Gasteiger partial charge in [0, 0.05) is 5.02 Å². The number of hydrogen-bond donors (Lipinski definition) is 1. The first-order valence-electron chi connectivity index (χ1n) is 5.16. The van der Waals surface area contributed by atoms with Crippen LogP contribution in [0.2, 0.25) is 25.4 Å². The largest absolute Gasteiger partial charge is 0.319 e. The number of amides is 1. The van der Waals surface area contributed by atoms with Gasteiger partial charge in [0.25, 0.3) is 5.91 Å². The number of nitrogens with zero attached hydrogens (tertiary/aromatic N) is 1.